The molecule has 1 aromatic carbocycles. The number of non-ortho nitro benzene ring substituents is 1. The molecule has 0 fully saturated rings. The normalized spacial score (nSPS) is 10.7. The van der Waals surface area contributed by atoms with E-state index in [0.29, 0.717) is 6.54 Å². The predicted octanol–water partition coefficient (Wildman–Crippen LogP) is 3.30. The monoisotopic (exact) mass is 276 g/mol. The van der Waals surface area contributed by atoms with E-state index >= 15 is 0 Å². The fourth-order valence-corrected chi connectivity index (χ4v) is 1.70. The molecule has 108 valence electrons. The first-order chi connectivity index (χ1) is 9.63. The molecular formula is C15H20N2O3. The molecule has 0 unspecified atom stereocenters. The first kappa shape index (κ1) is 15.9. The summed E-state index contributed by atoms with van der Waals surface area (Å²) in [6.45, 7) is 2.83. The van der Waals surface area contributed by atoms with E-state index in [1.54, 1.807) is 18.2 Å². The standard InChI is InChI=1S/C15H20N2O3/c1-2-3-4-5-12-16-15(18)11-8-13-6-9-14(10-7-13)17(19)20/h6-11H,2-5,12H2,1H3,(H,16,18)/b11-8+. The van der Waals surface area contributed by atoms with E-state index in [1.165, 1.54) is 31.1 Å². The van der Waals surface area contributed by atoms with Crippen molar-refractivity contribution in [1.29, 1.82) is 0 Å². The second-order valence-electron chi connectivity index (χ2n) is 4.53. The summed E-state index contributed by atoms with van der Waals surface area (Å²) in [5.74, 6) is -0.139. The topological polar surface area (TPSA) is 72.2 Å². The fraction of sp³-hybridized carbons (Fsp3) is 0.400. The zero-order chi connectivity index (χ0) is 14.8. The Kier molecular flexibility index (Phi) is 7.03. The number of nitro benzene ring substituents is 1. The maximum absolute atomic E-state index is 11.5. The third kappa shape index (κ3) is 6.13. The van der Waals surface area contributed by atoms with Crippen LogP contribution >= 0.6 is 0 Å². The van der Waals surface area contributed by atoms with Crippen LogP contribution in [-0.2, 0) is 4.79 Å². The van der Waals surface area contributed by atoms with Crippen molar-refractivity contribution in [2.45, 2.75) is 32.6 Å². The van der Waals surface area contributed by atoms with Gasteiger partial charge in [-0.05, 0) is 30.2 Å². The highest BCUT2D eigenvalue weighted by atomic mass is 16.6. The van der Waals surface area contributed by atoms with Crippen molar-refractivity contribution in [1.82, 2.24) is 5.32 Å². The summed E-state index contributed by atoms with van der Waals surface area (Å²) in [5, 5.41) is 13.3. The zero-order valence-electron chi connectivity index (χ0n) is 11.7. The van der Waals surface area contributed by atoms with Gasteiger partial charge in [-0.15, -0.1) is 0 Å². The summed E-state index contributed by atoms with van der Waals surface area (Å²) in [5.41, 5.74) is 0.805. The van der Waals surface area contributed by atoms with Gasteiger partial charge in [-0.2, -0.15) is 0 Å². The summed E-state index contributed by atoms with van der Waals surface area (Å²) in [4.78, 5) is 21.6. The summed E-state index contributed by atoms with van der Waals surface area (Å²) in [7, 11) is 0. The van der Waals surface area contributed by atoms with Crippen molar-refractivity contribution in [3.05, 3.63) is 46.0 Å². The number of unbranched alkanes of at least 4 members (excludes halogenated alkanes) is 3. The Morgan fingerprint density at radius 2 is 1.95 bits per heavy atom. The Morgan fingerprint density at radius 1 is 1.25 bits per heavy atom. The van der Waals surface area contributed by atoms with Gasteiger partial charge in [-0.25, -0.2) is 0 Å². The SMILES string of the molecule is CCCCCCNC(=O)/C=C/c1ccc([N+](=O)[O-])cc1. The van der Waals surface area contributed by atoms with E-state index < -0.39 is 4.92 Å². The van der Waals surface area contributed by atoms with Crippen LogP contribution in [0, 0.1) is 10.1 Å². The molecule has 0 aromatic heterocycles. The number of nitrogens with one attached hydrogen (secondary N) is 1. The summed E-state index contributed by atoms with van der Waals surface area (Å²) in [6, 6.07) is 6.07. The van der Waals surface area contributed by atoms with Gasteiger partial charge in [0.2, 0.25) is 5.91 Å². The molecule has 1 amide bonds. The summed E-state index contributed by atoms with van der Waals surface area (Å²) < 4.78 is 0. The minimum absolute atomic E-state index is 0.0440. The van der Waals surface area contributed by atoms with Gasteiger partial charge < -0.3 is 5.32 Å². The van der Waals surface area contributed by atoms with Gasteiger partial charge in [0.1, 0.15) is 0 Å². The van der Waals surface area contributed by atoms with E-state index in [2.05, 4.69) is 12.2 Å². The number of nitrogens with zero attached hydrogens (tertiary/aromatic N) is 1. The Morgan fingerprint density at radius 3 is 2.55 bits per heavy atom. The molecule has 0 aliphatic carbocycles. The van der Waals surface area contributed by atoms with Crippen LogP contribution in [0.5, 0.6) is 0 Å². The van der Waals surface area contributed by atoms with Crippen molar-refractivity contribution in [3.63, 3.8) is 0 Å². The molecule has 0 bridgehead atoms. The van der Waals surface area contributed by atoms with Crippen molar-refractivity contribution >= 4 is 17.7 Å². The van der Waals surface area contributed by atoms with Crippen molar-refractivity contribution < 1.29 is 9.72 Å². The van der Waals surface area contributed by atoms with E-state index in [4.69, 9.17) is 0 Å². The molecule has 0 saturated heterocycles. The number of rotatable bonds is 8. The molecule has 0 atom stereocenters. The van der Waals surface area contributed by atoms with E-state index in [0.717, 1.165) is 18.4 Å². The third-order valence-corrected chi connectivity index (χ3v) is 2.86. The summed E-state index contributed by atoms with van der Waals surface area (Å²) in [6.07, 6.45) is 7.57. The lowest BCUT2D eigenvalue weighted by molar-refractivity contribution is -0.384. The number of benzene rings is 1. The lowest BCUT2D eigenvalue weighted by Crippen LogP contribution is -2.21. The highest BCUT2D eigenvalue weighted by molar-refractivity contribution is 5.91. The minimum Gasteiger partial charge on any atom is -0.353 e. The second-order valence-corrected chi connectivity index (χ2v) is 4.53. The van der Waals surface area contributed by atoms with Crippen LogP contribution in [0.15, 0.2) is 30.3 Å². The molecule has 0 aliphatic rings. The van der Waals surface area contributed by atoms with Crippen molar-refractivity contribution in [2.24, 2.45) is 0 Å². The average Bonchev–Trinajstić information content (AvgIpc) is 2.45. The molecule has 0 heterocycles. The van der Waals surface area contributed by atoms with Crippen molar-refractivity contribution in [3.8, 4) is 0 Å². The molecule has 5 heteroatoms. The first-order valence-electron chi connectivity index (χ1n) is 6.84. The molecule has 1 rings (SSSR count). The largest absolute Gasteiger partial charge is 0.353 e. The van der Waals surface area contributed by atoms with Crippen LogP contribution in [0.3, 0.4) is 0 Å². The quantitative estimate of drug-likeness (QED) is 0.342. The van der Waals surface area contributed by atoms with Crippen molar-refractivity contribution in [2.75, 3.05) is 6.54 Å². The van der Waals surface area contributed by atoms with E-state index in [-0.39, 0.29) is 11.6 Å². The lowest BCUT2D eigenvalue weighted by Gasteiger charge is -2.01. The number of hydrogen-bond acceptors (Lipinski definition) is 3. The Labute approximate surface area is 118 Å². The summed E-state index contributed by atoms with van der Waals surface area (Å²) >= 11 is 0. The Bertz CT molecular complexity index is 467. The molecule has 5 nitrogen and oxygen atoms in total. The zero-order valence-corrected chi connectivity index (χ0v) is 11.7. The number of hydrogen-bond donors (Lipinski definition) is 1. The smallest absolute Gasteiger partial charge is 0.269 e. The average molecular weight is 276 g/mol. The van der Waals surface area contributed by atoms with E-state index in [1.807, 2.05) is 0 Å². The molecule has 1 aromatic rings. The lowest BCUT2D eigenvalue weighted by atomic mass is 10.2. The van der Waals surface area contributed by atoms with Crippen LogP contribution in [0.4, 0.5) is 5.69 Å². The molecule has 0 aliphatic heterocycles. The number of amides is 1. The van der Waals surface area contributed by atoms with Gasteiger partial charge in [0.25, 0.3) is 5.69 Å². The fourth-order valence-electron chi connectivity index (χ4n) is 1.70. The maximum Gasteiger partial charge on any atom is 0.269 e. The predicted molar refractivity (Wildman–Crippen MR) is 79.3 cm³/mol. The number of carbonyl (C=O) groups excluding carboxylic acids is 1. The number of nitro groups is 1. The minimum atomic E-state index is -0.448. The molecule has 0 saturated carbocycles. The highest BCUT2D eigenvalue weighted by Gasteiger charge is 2.02. The van der Waals surface area contributed by atoms with Gasteiger partial charge in [-0.1, -0.05) is 26.2 Å². The maximum atomic E-state index is 11.5. The molecule has 20 heavy (non-hydrogen) atoms. The van der Waals surface area contributed by atoms with Gasteiger partial charge in [0, 0.05) is 24.8 Å². The van der Waals surface area contributed by atoms with E-state index in [9.17, 15) is 14.9 Å². The molecule has 0 spiro atoms. The second kappa shape index (κ2) is 8.85. The molecule has 1 N–H and O–H groups in total. The van der Waals surface area contributed by atoms with Gasteiger partial charge >= 0.3 is 0 Å². The number of carbonyl (C=O) groups is 1. The van der Waals surface area contributed by atoms with Crippen LogP contribution in [-0.4, -0.2) is 17.4 Å². The van der Waals surface area contributed by atoms with Crippen LogP contribution in [0.2, 0.25) is 0 Å². The molecular weight excluding hydrogens is 256 g/mol. The highest BCUT2D eigenvalue weighted by Crippen LogP contribution is 2.12. The Hall–Kier alpha value is -2.17. The van der Waals surface area contributed by atoms with Gasteiger partial charge in [0.05, 0.1) is 4.92 Å². The van der Waals surface area contributed by atoms with Gasteiger partial charge in [-0.3, -0.25) is 14.9 Å². The molecule has 0 radical (unpaired) electrons. The van der Waals surface area contributed by atoms with Crippen LogP contribution in [0.25, 0.3) is 6.08 Å². The van der Waals surface area contributed by atoms with Crippen LogP contribution < -0.4 is 5.32 Å². The first-order valence-corrected chi connectivity index (χ1v) is 6.84. The third-order valence-electron chi connectivity index (χ3n) is 2.86. The van der Waals surface area contributed by atoms with Gasteiger partial charge in [0.15, 0.2) is 0 Å². The Balaban J connectivity index is 2.35. The van der Waals surface area contributed by atoms with Crippen LogP contribution in [0.1, 0.15) is 38.2 Å².